The minimum atomic E-state index is -0.234. The number of aromatic nitrogens is 2. The second kappa shape index (κ2) is 5.75. The molecular formula is C18H15FN2. The van der Waals surface area contributed by atoms with Gasteiger partial charge in [0.05, 0.1) is 5.69 Å². The van der Waals surface area contributed by atoms with Crippen molar-refractivity contribution in [3.05, 3.63) is 79.0 Å². The van der Waals surface area contributed by atoms with Gasteiger partial charge in [0, 0.05) is 24.2 Å². The molecule has 0 aliphatic carbocycles. The van der Waals surface area contributed by atoms with Crippen molar-refractivity contribution in [3.8, 4) is 22.4 Å². The number of hydrogen-bond acceptors (Lipinski definition) is 1. The molecule has 0 saturated carbocycles. The second-order valence-electron chi connectivity index (χ2n) is 4.80. The van der Waals surface area contributed by atoms with Crippen LogP contribution >= 0.6 is 0 Å². The summed E-state index contributed by atoms with van der Waals surface area (Å²) in [6.07, 6.45) is 8.18. The first-order chi connectivity index (χ1) is 10.3. The second-order valence-corrected chi connectivity index (χ2v) is 4.80. The molecule has 2 nitrogen and oxygen atoms in total. The van der Waals surface area contributed by atoms with Gasteiger partial charge in [0.25, 0.3) is 0 Å². The molecule has 0 aliphatic rings. The van der Waals surface area contributed by atoms with Crippen molar-refractivity contribution in [1.82, 2.24) is 9.97 Å². The van der Waals surface area contributed by atoms with Crippen LogP contribution in [0.1, 0.15) is 5.56 Å². The quantitative estimate of drug-likeness (QED) is 0.693. The van der Waals surface area contributed by atoms with Gasteiger partial charge in [0.15, 0.2) is 0 Å². The number of nitrogens with one attached hydrogen (secondary N) is 1. The van der Waals surface area contributed by atoms with Gasteiger partial charge in [-0.2, -0.15) is 0 Å². The van der Waals surface area contributed by atoms with E-state index in [1.807, 2.05) is 24.4 Å². The van der Waals surface area contributed by atoms with Crippen molar-refractivity contribution in [2.45, 2.75) is 6.42 Å². The highest BCUT2D eigenvalue weighted by Gasteiger charge is 2.14. The van der Waals surface area contributed by atoms with E-state index >= 15 is 0 Å². The minimum Gasteiger partial charge on any atom is -0.360 e. The molecule has 21 heavy (non-hydrogen) atoms. The molecule has 2 heterocycles. The van der Waals surface area contributed by atoms with Crippen LogP contribution in [0, 0.1) is 5.82 Å². The zero-order chi connectivity index (χ0) is 14.7. The summed E-state index contributed by atoms with van der Waals surface area (Å²) < 4.78 is 13.1. The summed E-state index contributed by atoms with van der Waals surface area (Å²) >= 11 is 0. The van der Waals surface area contributed by atoms with Gasteiger partial charge < -0.3 is 4.98 Å². The Balaban J connectivity index is 2.17. The van der Waals surface area contributed by atoms with Gasteiger partial charge in [-0.15, -0.1) is 6.58 Å². The van der Waals surface area contributed by atoms with Crippen LogP contribution in [0.25, 0.3) is 22.4 Å². The van der Waals surface area contributed by atoms with Crippen LogP contribution in [0.15, 0.2) is 67.6 Å². The van der Waals surface area contributed by atoms with Crippen molar-refractivity contribution in [2.24, 2.45) is 0 Å². The lowest BCUT2D eigenvalue weighted by atomic mass is 9.97. The van der Waals surface area contributed by atoms with E-state index < -0.39 is 0 Å². The maximum atomic E-state index is 13.1. The van der Waals surface area contributed by atoms with Crippen LogP contribution in [0.3, 0.4) is 0 Å². The van der Waals surface area contributed by atoms with E-state index in [4.69, 9.17) is 0 Å². The van der Waals surface area contributed by atoms with E-state index in [1.165, 1.54) is 12.1 Å². The minimum absolute atomic E-state index is 0.234. The Kier molecular flexibility index (Phi) is 3.65. The monoisotopic (exact) mass is 278 g/mol. The summed E-state index contributed by atoms with van der Waals surface area (Å²) in [6, 6.07) is 10.5. The molecule has 0 fully saturated rings. The van der Waals surface area contributed by atoms with Gasteiger partial charge in [-0.25, -0.2) is 4.39 Å². The van der Waals surface area contributed by atoms with Crippen LogP contribution in [-0.4, -0.2) is 9.97 Å². The summed E-state index contributed by atoms with van der Waals surface area (Å²) in [5.74, 6) is -0.234. The average molecular weight is 278 g/mol. The SMILES string of the molecule is C=CCc1c[nH]c(-c2ccc(F)cc2)c1-c1ccncc1. The first-order valence-corrected chi connectivity index (χ1v) is 6.77. The largest absolute Gasteiger partial charge is 0.360 e. The Morgan fingerprint density at radius 1 is 1.05 bits per heavy atom. The third-order valence-corrected chi connectivity index (χ3v) is 3.43. The number of nitrogens with zero attached hydrogens (tertiary/aromatic N) is 1. The van der Waals surface area contributed by atoms with E-state index in [0.29, 0.717) is 0 Å². The van der Waals surface area contributed by atoms with E-state index in [1.54, 1.807) is 24.5 Å². The van der Waals surface area contributed by atoms with Gasteiger partial charge in [0.2, 0.25) is 0 Å². The molecule has 0 atom stereocenters. The van der Waals surface area contributed by atoms with Gasteiger partial charge >= 0.3 is 0 Å². The number of H-pyrrole nitrogens is 1. The third kappa shape index (κ3) is 2.63. The first-order valence-electron chi connectivity index (χ1n) is 6.77. The number of pyridine rings is 1. The highest BCUT2D eigenvalue weighted by atomic mass is 19.1. The van der Waals surface area contributed by atoms with Crippen LogP contribution < -0.4 is 0 Å². The molecule has 104 valence electrons. The summed E-state index contributed by atoms with van der Waals surface area (Å²) in [5, 5.41) is 0. The summed E-state index contributed by atoms with van der Waals surface area (Å²) in [7, 11) is 0. The third-order valence-electron chi connectivity index (χ3n) is 3.43. The van der Waals surface area contributed by atoms with Crippen LogP contribution in [-0.2, 0) is 6.42 Å². The maximum absolute atomic E-state index is 13.1. The fourth-order valence-corrected chi connectivity index (χ4v) is 2.47. The predicted molar refractivity (Wildman–Crippen MR) is 83.3 cm³/mol. The number of hydrogen-bond donors (Lipinski definition) is 1. The number of benzene rings is 1. The molecule has 0 spiro atoms. The molecule has 3 heteroatoms. The smallest absolute Gasteiger partial charge is 0.123 e. The number of aromatic amines is 1. The van der Waals surface area contributed by atoms with Crippen molar-refractivity contribution >= 4 is 0 Å². The van der Waals surface area contributed by atoms with Gasteiger partial charge in [0.1, 0.15) is 5.82 Å². The van der Waals surface area contributed by atoms with Crippen LogP contribution in [0.4, 0.5) is 4.39 Å². The maximum Gasteiger partial charge on any atom is 0.123 e. The highest BCUT2D eigenvalue weighted by molar-refractivity contribution is 5.83. The van der Waals surface area contributed by atoms with Crippen LogP contribution in [0.2, 0.25) is 0 Å². The lowest BCUT2D eigenvalue weighted by Crippen LogP contribution is -1.87. The van der Waals surface area contributed by atoms with E-state index in [9.17, 15) is 4.39 Å². The Labute approximate surface area is 123 Å². The number of allylic oxidation sites excluding steroid dienone is 1. The zero-order valence-corrected chi connectivity index (χ0v) is 11.5. The lowest BCUT2D eigenvalue weighted by Gasteiger charge is -2.07. The standard InChI is InChI=1S/C18H15FN2/c1-2-3-15-12-21-18(14-4-6-16(19)7-5-14)17(15)13-8-10-20-11-9-13/h2,4-12,21H,1,3H2. The Hall–Kier alpha value is -2.68. The highest BCUT2D eigenvalue weighted by Crippen LogP contribution is 2.34. The van der Waals surface area contributed by atoms with Crippen molar-refractivity contribution < 1.29 is 4.39 Å². The Morgan fingerprint density at radius 2 is 1.76 bits per heavy atom. The molecule has 3 rings (SSSR count). The van der Waals surface area contributed by atoms with E-state index in [-0.39, 0.29) is 5.82 Å². The molecule has 0 bridgehead atoms. The molecular weight excluding hydrogens is 263 g/mol. The van der Waals surface area contributed by atoms with Crippen molar-refractivity contribution in [3.63, 3.8) is 0 Å². The number of rotatable bonds is 4. The molecule has 3 aromatic rings. The average Bonchev–Trinajstić information content (AvgIpc) is 2.93. The van der Waals surface area contributed by atoms with Gasteiger partial charge in [-0.05, 0) is 59.5 Å². The summed E-state index contributed by atoms with van der Waals surface area (Å²) in [4.78, 5) is 7.37. The molecule has 2 aromatic heterocycles. The molecule has 1 N–H and O–H groups in total. The molecule has 0 amide bonds. The normalized spacial score (nSPS) is 10.5. The first kappa shape index (κ1) is 13.3. The molecule has 0 saturated heterocycles. The Bertz CT molecular complexity index is 743. The topological polar surface area (TPSA) is 28.7 Å². The summed E-state index contributed by atoms with van der Waals surface area (Å²) in [6.45, 7) is 3.81. The van der Waals surface area contributed by atoms with Gasteiger partial charge in [-0.1, -0.05) is 6.08 Å². The predicted octanol–water partition coefficient (Wildman–Crippen LogP) is 4.61. The van der Waals surface area contributed by atoms with Crippen LogP contribution in [0.5, 0.6) is 0 Å². The van der Waals surface area contributed by atoms with Gasteiger partial charge in [-0.3, -0.25) is 4.98 Å². The van der Waals surface area contributed by atoms with E-state index in [0.717, 1.165) is 34.4 Å². The zero-order valence-electron chi connectivity index (χ0n) is 11.5. The number of halogens is 1. The molecule has 1 aromatic carbocycles. The fraction of sp³-hybridized carbons (Fsp3) is 0.0556. The molecule has 0 unspecified atom stereocenters. The van der Waals surface area contributed by atoms with E-state index in [2.05, 4.69) is 16.5 Å². The van der Waals surface area contributed by atoms with Crippen molar-refractivity contribution in [2.75, 3.05) is 0 Å². The molecule has 0 aliphatic heterocycles. The van der Waals surface area contributed by atoms with Crippen molar-refractivity contribution in [1.29, 1.82) is 0 Å². The fourth-order valence-electron chi connectivity index (χ4n) is 2.47. The lowest BCUT2D eigenvalue weighted by molar-refractivity contribution is 0.628. The summed E-state index contributed by atoms with van der Waals surface area (Å²) in [5.41, 5.74) is 5.30. The molecule has 0 radical (unpaired) electrons. The Morgan fingerprint density at radius 3 is 2.43 bits per heavy atom.